The highest BCUT2D eigenvalue weighted by Crippen LogP contribution is 2.42. The van der Waals surface area contributed by atoms with E-state index >= 15 is 0 Å². The third-order valence-electron chi connectivity index (χ3n) is 4.20. The van der Waals surface area contributed by atoms with Gasteiger partial charge in [0.15, 0.2) is 0 Å². The molecule has 1 aliphatic carbocycles. The number of nitrogens with two attached hydrogens (primary N) is 1. The minimum absolute atomic E-state index is 0.119. The molecule has 1 unspecified atom stereocenters. The summed E-state index contributed by atoms with van der Waals surface area (Å²) in [6.07, 6.45) is 7.67. The van der Waals surface area contributed by atoms with Crippen LogP contribution in [0.3, 0.4) is 0 Å². The van der Waals surface area contributed by atoms with Gasteiger partial charge < -0.3 is 15.8 Å². The lowest BCUT2D eigenvalue weighted by Crippen LogP contribution is -2.42. The van der Waals surface area contributed by atoms with E-state index in [1.54, 1.807) is 0 Å². The van der Waals surface area contributed by atoms with Crippen molar-refractivity contribution in [1.82, 2.24) is 5.32 Å². The fourth-order valence-corrected chi connectivity index (χ4v) is 2.78. The van der Waals surface area contributed by atoms with Crippen molar-refractivity contribution in [2.24, 2.45) is 11.1 Å². The lowest BCUT2D eigenvalue weighted by Gasteiger charge is -2.40. The van der Waals surface area contributed by atoms with Crippen molar-refractivity contribution in [3.8, 4) is 0 Å². The topological polar surface area (TPSA) is 64.4 Å². The molecule has 1 amide bonds. The maximum atomic E-state index is 11.8. The molecule has 2 fully saturated rings. The number of carbonyl (C=O) groups is 1. The smallest absolute Gasteiger partial charge is 0.220 e. The van der Waals surface area contributed by atoms with E-state index in [0.717, 1.165) is 45.3 Å². The zero-order valence-corrected chi connectivity index (χ0v) is 10.5. The summed E-state index contributed by atoms with van der Waals surface area (Å²) in [6.45, 7) is 2.27. The third kappa shape index (κ3) is 3.42. The first-order valence-corrected chi connectivity index (χ1v) is 6.82. The molecule has 0 aromatic rings. The highest BCUT2D eigenvalue weighted by atomic mass is 16.5. The van der Waals surface area contributed by atoms with Gasteiger partial charge in [-0.25, -0.2) is 0 Å². The maximum absolute atomic E-state index is 11.8. The van der Waals surface area contributed by atoms with Crippen LogP contribution in [0.2, 0.25) is 0 Å². The molecule has 4 heteroatoms. The van der Waals surface area contributed by atoms with E-state index in [0.29, 0.717) is 19.1 Å². The first-order chi connectivity index (χ1) is 8.24. The quantitative estimate of drug-likeness (QED) is 0.733. The Balaban J connectivity index is 1.60. The van der Waals surface area contributed by atoms with Crippen molar-refractivity contribution >= 4 is 5.91 Å². The fourth-order valence-electron chi connectivity index (χ4n) is 2.78. The van der Waals surface area contributed by atoms with Gasteiger partial charge in [0, 0.05) is 19.6 Å². The molecule has 3 N–H and O–H groups in total. The molecule has 2 rings (SSSR count). The minimum atomic E-state index is 0.119. The van der Waals surface area contributed by atoms with Crippen molar-refractivity contribution in [2.75, 3.05) is 19.7 Å². The second kappa shape index (κ2) is 5.83. The molecule has 0 bridgehead atoms. The summed E-state index contributed by atoms with van der Waals surface area (Å²) in [5, 5.41) is 2.99. The van der Waals surface area contributed by atoms with E-state index in [2.05, 4.69) is 5.32 Å². The molecule has 1 saturated heterocycles. The molecule has 1 atom stereocenters. The van der Waals surface area contributed by atoms with Crippen molar-refractivity contribution in [3.05, 3.63) is 0 Å². The molecule has 4 nitrogen and oxygen atoms in total. The van der Waals surface area contributed by atoms with Crippen molar-refractivity contribution < 1.29 is 9.53 Å². The second-order valence-electron chi connectivity index (χ2n) is 5.51. The molecule has 0 spiro atoms. The Bertz CT molecular complexity index is 253. The van der Waals surface area contributed by atoms with Crippen LogP contribution in [0.5, 0.6) is 0 Å². The summed E-state index contributed by atoms with van der Waals surface area (Å²) < 4.78 is 5.52. The summed E-state index contributed by atoms with van der Waals surface area (Å²) >= 11 is 0. The van der Waals surface area contributed by atoms with Gasteiger partial charge in [0.2, 0.25) is 5.91 Å². The van der Waals surface area contributed by atoms with E-state index in [-0.39, 0.29) is 11.3 Å². The van der Waals surface area contributed by atoms with Gasteiger partial charge in [0.05, 0.1) is 6.10 Å². The zero-order chi connectivity index (χ0) is 12.1. The fraction of sp³-hybridized carbons (Fsp3) is 0.923. The molecule has 1 heterocycles. The number of ether oxygens (including phenoxy) is 1. The van der Waals surface area contributed by atoms with Crippen molar-refractivity contribution in [3.63, 3.8) is 0 Å². The Morgan fingerprint density at radius 2 is 2.24 bits per heavy atom. The first-order valence-electron chi connectivity index (χ1n) is 6.82. The van der Waals surface area contributed by atoms with Crippen LogP contribution in [0, 0.1) is 5.41 Å². The number of hydrogen-bond donors (Lipinski definition) is 2. The van der Waals surface area contributed by atoms with Gasteiger partial charge in [0.1, 0.15) is 0 Å². The van der Waals surface area contributed by atoms with Crippen LogP contribution < -0.4 is 11.1 Å². The summed E-state index contributed by atoms with van der Waals surface area (Å²) in [5.41, 5.74) is 5.86. The lowest BCUT2D eigenvalue weighted by atomic mass is 9.66. The van der Waals surface area contributed by atoms with Crippen LogP contribution in [0.4, 0.5) is 0 Å². The van der Waals surface area contributed by atoms with E-state index < -0.39 is 0 Å². The van der Waals surface area contributed by atoms with Gasteiger partial charge in [-0.1, -0.05) is 6.42 Å². The Morgan fingerprint density at radius 3 is 2.76 bits per heavy atom. The largest absolute Gasteiger partial charge is 0.378 e. The molecule has 1 saturated carbocycles. The van der Waals surface area contributed by atoms with E-state index in [4.69, 9.17) is 10.5 Å². The third-order valence-corrected chi connectivity index (χ3v) is 4.20. The highest BCUT2D eigenvalue weighted by Gasteiger charge is 2.37. The number of nitrogens with one attached hydrogen (secondary N) is 1. The monoisotopic (exact) mass is 240 g/mol. The van der Waals surface area contributed by atoms with Gasteiger partial charge >= 0.3 is 0 Å². The van der Waals surface area contributed by atoms with Crippen LogP contribution in [0.25, 0.3) is 0 Å². The van der Waals surface area contributed by atoms with Gasteiger partial charge in [-0.05, 0) is 44.1 Å². The average Bonchev–Trinajstić information content (AvgIpc) is 2.76. The maximum Gasteiger partial charge on any atom is 0.220 e. The van der Waals surface area contributed by atoms with E-state index in [1.807, 2.05) is 0 Å². The van der Waals surface area contributed by atoms with Crippen LogP contribution in [0.1, 0.15) is 44.9 Å². The summed E-state index contributed by atoms with van der Waals surface area (Å²) in [4.78, 5) is 11.8. The predicted octanol–water partition coefficient (Wildman–Crippen LogP) is 1.19. The molecular weight excluding hydrogens is 216 g/mol. The normalized spacial score (nSPS) is 26.5. The highest BCUT2D eigenvalue weighted by molar-refractivity contribution is 5.76. The Hall–Kier alpha value is -0.610. The number of hydrogen-bond acceptors (Lipinski definition) is 3. The van der Waals surface area contributed by atoms with Crippen molar-refractivity contribution in [2.45, 2.75) is 51.0 Å². The van der Waals surface area contributed by atoms with Crippen LogP contribution in [-0.2, 0) is 9.53 Å². The molecule has 0 aromatic heterocycles. The molecule has 2 aliphatic rings. The zero-order valence-electron chi connectivity index (χ0n) is 10.5. The van der Waals surface area contributed by atoms with Gasteiger partial charge in [-0.3, -0.25) is 4.79 Å². The summed E-state index contributed by atoms with van der Waals surface area (Å²) in [7, 11) is 0. The van der Waals surface area contributed by atoms with Crippen LogP contribution in [0.15, 0.2) is 0 Å². The van der Waals surface area contributed by atoms with Gasteiger partial charge in [0.25, 0.3) is 0 Å². The Kier molecular flexibility index (Phi) is 4.40. The molecular formula is C13H24N2O2. The summed E-state index contributed by atoms with van der Waals surface area (Å²) in [6, 6.07) is 0. The minimum Gasteiger partial charge on any atom is -0.378 e. The summed E-state index contributed by atoms with van der Waals surface area (Å²) in [5.74, 6) is 0.160. The molecule has 17 heavy (non-hydrogen) atoms. The van der Waals surface area contributed by atoms with Crippen LogP contribution in [-0.4, -0.2) is 31.7 Å². The molecule has 0 radical (unpaired) electrons. The van der Waals surface area contributed by atoms with Gasteiger partial charge in [-0.2, -0.15) is 0 Å². The Labute approximate surface area is 103 Å². The lowest BCUT2D eigenvalue weighted by molar-refractivity contribution is -0.124. The van der Waals surface area contributed by atoms with E-state index in [9.17, 15) is 4.79 Å². The molecule has 1 aliphatic heterocycles. The molecule has 98 valence electrons. The number of rotatable bonds is 6. The number of carbonyl (C=O) groups excluding carboxylic acids is 1. The molecule has 0 aromatic carbocycles. The first kappa shape index (κ1) is 12.8. The van der Waals surface area contributed by atoms with Crippen LogP contribution >= 0.6 is 0 Å². The standard InChI is InChI=1S/C13H24N2O2/c14-10-13(5-2-6-13)9-12(16)15-7-4-11-3-1-8-17-11/h11H,1-10,14H2,(H,15,16). The predicted molar refractivity (Wildman–Crippen MR) is 66.6 cm³/mol. The van der Waals surface area contributed by atoms with Crippen molar-refractivity contribution in [1.29, 1.82) is 0 Å². The van der Waals surface area contributed by atoms with E-state index in [1.165, 1.54) is 6.42 Å². The second-order valence-corrected chi connectivity index (χ2v) is 5.51. The number of amides is 1. The average molecular weight is 240 g/mol. The Morgan fingerprint density at radius 1 is 1.41 bits per heavy atom. The SMILES string of the molecule is NCC1(CC(=O)NCCC2CCCO2)CCC1. The van der Waals surface area contributed by atoms with Gasteiger partial charge in [-0.15, -0.1) is 0 Å².